The number of carboxylic acid groups (broad SMARTS) is 1. The van der Waals surface area contributed by atoms with E-state index in [2.05, 4.69) is 0 Å². The minimum atomic E-state index is -0.933. The van der Waals surface area contributed by atoms with Crippen molar-refractivity contribution in [1.82, 2.24) is 4.90 Å². The number of unbranched alkanes of at least 4 members (excludes halogenated alkanes) is 1. The summed E-state index contributed by atoms with van der Waals surface area (Å²) in [6.45, 7) is 4.79. The molecule has 0 saturated carbocycles. The molecule has 1 aromatic carbocycles. The summed E-state index contributed by atoms with van der Waals surface area (Å²) in [6.07, 6.45) is 1.59. The van der Waals surface area contributed by atoms with Crippen LogP contribution in [0.3, 0.4) is 0 Å². The Balaban J connectivity index is 1.92. The van der Waals surface area contributed by atoms with Crippen LogP contribution in [0.1, 0.15) is 30.1 Å². The number of benzene rings is 1. The lowest BCUT2D eigenvalue weighted by Crippen LogP contribution is -2.49. The molecule has 1 aliphatic rings. The smallest absolute Gasteiger partial charge is 0.409 e. The molecule has 1 aromatic rings. The molecule has 0 atom stereocenters. The molecule has 0 bridgehead atoms. The van der Waals surface area contributed by atoms with E-state index in [1.807, 2.05) is 17.9 Å². The van der Waals surface area contributed by atoms with Crippen molar-refractivity contribution < 1.29 is 19.4 Å². The first-order valence-corrected chi connectivity index (χ1v) is 7.62. The Bertz CT molecular complexity index is 525. The van der Waals surface area contributed by atoms with Crippen molar-refractivity contribution >= 4 is 17.7 Å². The van der Waals surface area contributed by atoms with Gasteiger partial charge in [-0.2, -0.15) is 0 Å². The van der Waals surface area contributed by atoms with Gasteiger partial charge in [0.25, 0.3) is 0 Å². The molecule has 1 fully saturated rings. The number of ether oxygens (including phenoxy) is 1. The third-order valence-electron chi connectivity index (χ3n) is 3.74. The highest BCUT2D eigenvalue weighted by molar-refractivity contribution is 5.94. The van der Waals surface area contributed by atoms with Crippen molar-refractivity contribution in [2.24, 2.45) is 0 Å². The SMILES string of the molecule is CCCCOC(=O)N1CCN(c2ccccc2C(=O)O)CC1. The van der Waals surface area contributed by atoms with Crippen molar-refractivity contribution in [3.05, 3.63) is 29.8 Å². The third kappa shape index (κ3) is 3.90. The Morgan fingerprint density at radius 3 is 2.50 bits per heavy atom. The largest absolute Gasteiger partial charge is 0.478 e. The standard InChI is InChI=1S/C16H22N2O4/c1-2-3-12-22-16(21)18-10-8-17(9-11-18)14-7-5-4-6-13(14)15(19)20/h4-7H,2-3,8-12H2,1H3,(H,19,20). The molecule has 120 valence electrons. The van der Waals surface area contributed by atoms with E-state index >= 15 is 0 Å². The predicted molar refractivity (Wildman–Crippen MR) is 83.4 cm³/mol. The van der Waals surface area contributed by atoms with Crippen LogP contribution in [0.25, 0.3) is 0 Å². The quantitative estimate of drug-likeness (QED) is 0.846. The summed E-state index contributed by atoms with van der Waals surface area (Å²) >= 11 is 0. The second kappa shape index (κ2) is 7.68. The first kappa shape index (κ1) is 16.1. The molecule has 1 heterocycles. The molecule has 6 heteroatoms. The highest BCUT2D eigenvalue weighted by atomic mass is 16.6. The van der Waals surface area contributed by atoms with Gasteiger partial charge < -0.3 is 19.6 Å². The maximum atomic E-state index is 11.9. The lowest BCUT2D eigenvalue weighted by Gasteiger charge is -2.36. The fourth-order valence-corrected chi connectivity index (χ4v) is 2.46. The van der Waals surface area contributed by atoms with Crippen LogP contribution in [0.2, 0.25) is 0 Å². The van der Waals surface area contributed by atoms with Gasteiger partial charge in [0.15, 0.2) is 0 Å². The van der Waals surface area contributed by atoms with E-state index in [4.69, 9.17) is 4.74 Å². The van der Waals surface area contributed by atoms with Crippen molar-refractivity contribution in [2.75, 3.05) is 37.7 Å². The molecular weight excluding hydrogens is 284 g/mol. The van der Waals surface area contributed by atoms with Crippen LogP contribution in [0.4, 0.5) is 10.5 Å². The predicted octanol–water partition coefficient (Wildman–Crippen LogP) is 2.44. The third-order valence-corrected chi connectivity index (χ3v) is 3.74. The van der Waals surface area contributed by atoms with Crippen molar-refractivity contribution in [3.63, 3.8) is 0 Å². The molecule has 0 aliphatic carbocycles. The molecule has 1 saturated heterocycles. The van der Waals surface area contributed by atoms with Gasteiger partial charge in [-0.05, 0) is 18.6 Å². The lowest BCUT2D eigenvalue weighted by atomic mass is 10.1. The number of amides is 1. The number of nitrogens with zero attached hydrogens (tertiary/aromatic N) is 2. The maximum absolute atomic E-state index is 11.9. The molecule has 2 rings (SSSR count). The molecule has 1 amide bonds. The fraction of sp³-hybridized carbons (Fsp3) is 0.500. The zero-order valence-electron chi connectivity index (χ0n) is 12.8. The number of aromatic carboxylic acids is 1. The van der Waals surface area contributed by atoms with E-state index < -0.39 is 5.97 Å². The van der Waals surface area contributed by atoms with Gasteiger partial charge in [-0.25, -0.2) is 9.59 Å². The number of hydrogen-bond donors (Lipinski definition) is 1. The minimum absolute atomic E-state index is 0.278. The first-order chi connectivity index (χ1) is 10.6. The highest BCUT2D eigenvalue weighted by Gasteiger charge is 2.24. The number of carbonyl (C=O) groups excluding carboxylic acids is 1. The molecule has 0 unspecified atom stereocenters. The zero-order valence-corrected chi connectivity index (χ0v) is 12.8. The van der Waals surface area contributed by atoms with Crippen LogP contribution in [-0.4, -0.2) is 54.9 Å². The molecular formula is C16H22N2O4. The zero-order chi connectivity index (χ0) is 15.9. The van der Waals surface area contributed by atoms with E-state index in [1.54, 1.807) is 23.1 Å². The number of anilines is 1. The van der Waals surface area contributed by atoms with Crippen LogP contribution in [0, 0.1) is 0 Å². The number of piperazine rings is 1. The van der Waals surface area contributed by atoms with Crippen LogP contribution in [-0.2, 0) is 4.74 Å². The normalized spacial score (nSPS) is 14.8. The fourth-order valence-electron chi connectivity index (χ4n) is 2.46. The maximum Gasteiger partial charge on any atom is 0.409 e. The Kier molecular flexibility index (Phi) is 5.63. The number of para-hydroxylation sites is 1. The van der Waals surface area contributed by atoms with Gasteiger partial charge in [-0.1, -0.05) is 25.5 Å². The van der Waals surface area contributed by atoms with Crippen molar-refractivity contribution in [2.45, 2.75) is 19.8 Å². The van der Waals surface area contributed by atoms with Crippen LogP contribution >= 0.6 is 0 Å². The molecule has 22 heavy (non-hydrogen) atoms. The van der Waals surface area contributed by atoms with Gasteiger partial charge in [-0.3, -0.25) is 0 Å². The number of hydrogen-bond acceptors (Lipinski definition) is 4. The van der Waals surface area contributed by atoms with Crippen LogP contribution in [0.15, 0.2) is 24.3 Å². The van der Waals surface area contributed by atoms with Gasteiger partial charge >= 0.3 is 12.1 Å². The van der Waals surface area contributed by atoms with E-state index in [-0.39, 0.29) is 6.09 Å². The van der Waals surface area contributed by atoms with Crippen LogP contribution < -0.4 is 4.90 Å². The lowest BCUT2D eigenvalue weighted by molar-refractivity contribution is 0.0696. The Morgan fingerprint density at radius 1 is 1.18 bits per heavy atom. The number of carbonyl (C=O) groups is 2. The molecule has 1 N–H and O–H groups in total. The van der Waals surface area contributed by atoms with Gasteiger partial charge in [-0.15, -0.1) is 0 Å². The average Bonchev–Trinajstić information content (AvgIpc) is 2.55. The van der Waals surface area contributed by atoms with E-state index in [1.165, 1.54) is 0 Å². The Labute approximate surface area is 130 Å². The van der Waals surface area contributed by atoms with E-state index in [0.717, 1.165) is 12.8 Å². The number of rotatable bonds is 5. The molecule has 6 nitrogen and oxygen atoms in total. The summed E-state index contributed by atoms with van der Waals surface area (Å²) in [5, 5.41) is 9.25. The highest BCUT2D eigenvalue weighted by Crippen LogP contribution is 2.22. The second-order valence-corrected chi connectivity index (χ2v) is 5.26. The average molecular weight is 306 g/mol. The number of carboxylic acids is 1. The Hall–Kier alpha value is -2.24. The second-order valence-electron chi connectivity index (χ2n) is 5.26. The van der Waals surface area contributed by atoms with E-state index in [9.17, 15) is 14.7 Å². The monoisotopic (exact) mass is 306 g/mol. The first-order valence-electron chi connectivity index (χ1n) is 7.62. The summed E-state index contributed by atoms with van der Waals surface area (Å²) in [4.78, 5) is 26.8. The van der Waals surface area contributed by atoms with Crippen LogP contribution in [0.5, 0.6) is 0 Å². The summed E-state index contributed by atoms with van der Waals surface area (Å²) in [5.74, 6) is -0.933. The van der Waals surface area contributed by atoms with Gasteiger partial charge in [0, 0.05) is 26.2 Å². The Morgan fingerprint density at radius 2 is 1.86 bits per heavy atom. The van der Waals surface area contributed by atoms with Gasteiger partial charge in [0.05, 0.1) is 17.9 Å². The molecule has 0 spiro atoms. The summed E-state index contributed by atoms with van der Waals surface area (Å²) in [5.41, 5.74) is 0.996. The summed E-state index contributed by atoms with van der Waals surface area (Å²) in [7, 11) is 0. The van der Waals surface area contributed by atoms with Crippen molar-refractivity contribution in [1.29, 1.82) is 0 Å². The summed E-state index contributed by atoms with van der Waals surface area (Å²) < 4.78 is 5.20. The van der Waals surface area contributed by atoms with E-state index in [0.29, 0.717) is 44.0 Å². The molecule has 0 aromatic heterocycles. The van der Waals surface area contributed by atoms with Crippen molar-refractivity contribution in [3.8, 4) is 0 Å². The van der Waals surface area contributed by atoms with Gasteiger partial charge in [0.1, 0.15) is 0 Å². The minimum Gasteiger partial charge on any atom is -0.478 e. The summed E-state index contributed by atoms with van der Waals surface area (Å²) in [6, 6.07) is 6.95. The molecule has 0 radical (unpaired) electrons. The molecule has 1 aliphatic heterocycles. The van der Waals surface area contributed by atoms with Gasteiger partial charge in [0.2, 0.25) is 0 Å². The topological polar surface area (TPSA) is 70.1 Å².